The minimum atomic E-state index is -0.936. The molecule has 19 heavy (non-hydrogen) atoms. The van der Waals surface area contributed by atoms with Crippen LogP contribution in [0.5, 0.6) is 11.5 Å². The molecule has 0 aliphatic heterocycles. The Labute approximate surface area is 117 Å². The average Bonchev–Trinajstić information content (AvgIpc) is 2.45. The maximum Gasteiger partial charge on any atom is 0.123 e. The molecule has 0 radical (unpaired) electrons. The van der Waals surface area contributed by atoms with Crippen LogP contribution in [0.2, 0.25) is 0 Å². The molecule has 0 bridgehead atoms. The minimum Gasteiger partial charge on any atom is -0.497 e. The van der Waals surface area contributed by atoms with E-state index >= 15 is 0 Å². The molecule has 0 heterocycles. The van der Waals surface area contributed by atoms with Crippen molar-refractivity contribution in [3.63, 3.8) is 0 Å². The van der Waals surface area contributed by atoms with Crippen molar-refractivity contribution in [1.29, 1.82) is 0 Å². The fraction of sp³-hybridized carbons (Fsp3) is 0.571. The Kier molecular flexibility index (Phi) is 6.31. The molecular formula is C14H23NO3S. The van der Waals surface area contributed by atoms with Gasteiger partial charge >= 0.3 is 0 Å². The third kappa shape index (κ3) is 4.21. The molecule has 0 aromatic heterocycles. The van der Waals surface area contributed by atoms with Gasteiger partial charge in [0.1, 0.15) is 11.5 Å². The summed E-state index contributed by atoms with van der Waals surface area (Å²) in [5, 5.41) is 0.155. The SMILES string of the molecule is CCC(C)S(=O)CC(N)c1cc(OC)ccc1OC. The third-order valence-electron chi connectivity index (χ3n) is 3.20. The average molecular weight is 285 g/mol. The maximum absolute atomic E-state index is 12.1. The van der Waals surface area contributed by atoms with Crippen molar-refractivity contribution < 1.29 is 13.7 Å². The van der Waals surface area contributed by atoms with E-state index in [-0.39, 0.29) is 11.3 Å². The van der Waals surface area contributed by atoms with Crippen LogP contribution in [0.25, 0.3) is 0 Å². The second-order valence-electron chi connectivity index (χ2n) is 4.48. The molecule has 0 fully saturated rings. The Morgan fingerprint density at radius 2 is 2.00 bits per heavy atom. The van der Waals surface area contributed by atoms with Gasteiger partial charge in [-0.3, -0.25) is 4.21 Å². The molecule has 3 atom stereocenters. The largest absolute Gasteiger partial charge is 0.497 e. The second-order valence-corrected chi connectivity index (χ2v) is 6.38. The fourth-order valence-corrected chi connectivity index (χ4v) is 2.98. The molecule has 0 aliphatic carbocycles. The number of nitrogens with two attached hydrogens (primary N) is 1. The molecule has 0 aliphatic rings. The summed E-state index contributed by atoms with van der Waals surface area (Å²) in [5.41, 5.74) is 6.99. The van der Waals surface area contributed by atoms with E-state index in [0.717, 1.165) is 17.7 Å². The highest BCUT2D eigenvalue weighted by Gasteiger charge is 2.18. The lowest BCUT2D eigenvalue weighted by Crippen LogP contribution is -2.23. The number of benzene rings is 1. The van der Waals surface area contributed by atoms with Crippen LogP contribution >= 0.6 is 0 Å². The first-order valence-electron chi connectivity index (χ1n) is 6.38. The second kappa shape index (κ2) is 7.50. The van der Waals surface area contributed by atoms with Gasteiger partial charge in [0.15, 0.2) is 0 Å². The molecule has 1 rings (SSSR count). The Morgan fingerprint density at radius 3 is 2.53 bits per heavy atom. The lowest BCUT2D eigenvalue weighted by atomic mass is 10.1. The lowest BCUT2D eigenvalue weighted by molar-refractivity contribution is 0.396. The van der Waals surface area contributed by atoms with Gasteiger partial charge in [-0.2, -0.15) is 0 Å². The summed E-state index contributed by atoms with van der Waals surface area (Å²) in [6.07, 6.45) is 0.884. The van der Waals surface area contributed by atoms with Crippen LogP contribution in [-0.2, 0) is 10.8 Å². The zero-order valence-corrected chi connectivity index (χ0v) is 12.8. The van der Waals surface area contributed by atoms with E-state index in [1.54, 1.807) is 14.2 Å². The molecule has 3 unspecified atom stereocenters. The highest BCUT2D eigenvalue weighted by Crippen LogP contribution is 2.29. The van der Waals surface area contributed by atoms with Crippen molar-refractivity contribution in [2.45, 2.75) is 31.6 Å². The molecule has 0 saturated heterocycles. The standard InChI is InChI=1S/C14H23NO3S/c1-5-10(2)19(16)9-13(15)12-8-11(17-3)6-7-14(12)18-4/h6-8,10,13H,5,9,15H2,1-4H3. The predicted molar refractivity (Wildman–Crippen MR) is 79.2 cm³/mol. The Bertz CT molecular complexity index is 437. The van der Waals surface area contributed by atoms with E-state index in [9.17, 15) is 4.21 Å². The van der Waals surface area contributed by atoms with Crippen molar-refractivity contribution in [2.75, 3.05) is 20.0 Å². The maximum atomic E-state index is 12.1. The van der Waals surface area contributed by atoms with Gasteiger partial charge in [-0.25, -0.2) is 0 Å². The Hall–Kier alpha value is -1.07. The van der Waals surface area contributed by atoms with E-state index in [1.165, 1.54) is 0 Å². The molecule has 0 spiro atoms. The van der Waals surface area contributed by atoms with Crippen LogP contribution in [-0.4, -0.2) is 29.4 Å². The van der Waals surface area contributed by atoms with Gasteiger partial charge in [0, 0.05) is 33.4 Å². The van der Waals surface area contributed by atoms with E-state index < -0.39 is 10.8 Å². The predicted octanol–water partition coefficient (Wildman–Crippen LogP) is 2.25. The highest BCUT2D eigenvalue weighted by atomic mass is 32.2. The van der Waals surface area contributed by atoms with E-state index in [0.29, 0.717) is 11.5 Å². The van der Waals surface area contributed by atoms with Crippen molar-refractivity contribution >= 4 is 10.8 Å². The molecule has 5 heteroatoms. The van der Waals surface area contributed by atoms with Crippen LogP contribution in [0.1, 0.15) is 31.9 Å². The van der Waals surface area contributed by atoms with Crippen molar-refractivity contribution in [3.05, 3.63) is 23.8 Å². The monoisotopic (exact) mass is 285 g/mol. The first-order chi connectivity index (χ1) is 9.03. The van der Waals surface area contributed by atoms with Gasteiger partial charge < -0.3 is 15.2 Å². The molecular weight excluding hydrogens is 262 g/mol. The van der Waals surface area contributed by atoms with Crippen LogP contribution in [0.15, 0.2) is 18.2 Å². The Balaban J connectivity index is 2.91. The lowest BCUT2D eigenvalue weighted by Gasteiger charge is -2.18. The van der Waals surface area contributed by atoms with Crippen LogP contribution in [0.3, 0.4) is 0 Å². The van der Waals surface area contributed by atoms with Gasteiger partial charge in [0.05, 0.1) is 14.2 Å². The van der Waals surface area contributed by atoms with Crippen molar-refractivity contribution in [2.24, 2.45) is 5.73 Å². The number of hydrogen-bond acceptors (Lipinski definition) is 4. The summed E-state index contributed by atoms with van der Waals surface area (Å²) in [6.45, 7) is 4.01. The Morgan fingerprint density at radius 1 is 1.32 bits per heavy atom. The quantitative estimate of drug-likeness (QED) is 0.834. The number of methoxy groups -OCH3 is 2. The fourth-order valence-electron chi connectivity index (χ4n) is 1.75. The summed E-state index contributed by atoms with van der Waals surface area (Å²) in [6, 6.07) is 5.16. The molecule has 0 amide bonds. The number of rotatable bonds is 7. The molecule has 0 saturated carbocycles. The first-order valence-corrected chi connectivity index (χ1v) is 7.76. The first kappa shape index (κ1) is 16.0. The summed E-state index contributed by atoms with van der Waals surface area (Å²) < 4.78 is 22.6. The zero-order valence-electron chi connectivity index (χ0n) is 12.0. The summed E-state index contributed by atoms with van der Waals surface area (Å²) in [7, 11) is 2.27. The van der Waals surface area contributed by atoms with E-state index in [1.807, 2.05) is 32.0 Å². The zero-order chi connectivity index (χ0) is 14.4. The van der Waals surface area contributed by atoms with Gasteiger partial charge in [-0.1, -0.05) is 13.8 Å². The highest BCUT2D eigenvalue weighted by molar-refractivity contribution is 7.85. The van der Waals surface area contributed by atoms with Crippen LogP contribution < -0.4 is 15.2 Å². The van der Waals surface area contributed by atoms with E-state index in [2.05, 4.69) is 0 Å². The normalized spacial score (nSPS) is 15.6. The summed E-state index contributed by atoms with van der Waals surface area (Å²) in [5.74, 6) is 1.86. The van der Waals surface area contributed by atoms with Gasteiger partial charge in [0.2, 0.25) is 0 Å². The van der Waals surface area contributed by atoms with Gasteiger partial charge in [0.25, 0.3) is 0 Å². The number of hydrogen-bond donors (Lipinski definition) is 1. The molecule has 2 N–H and O–H groups in total. The van der Waals surface area contributed by atoms with E-state index in [4.69, 9.17) is 15.2 Å². The van der Waals surface area contributed by atoms with Crippen molar-refractivity contribution in [1.82, 2.24) is 0 Å². The molecule has 108 valence electrons. The topological polar surface area (TPSA) is 61.6 Å². The van der Waals surface area contributed by atoms with Gasteiger partial charge in [-0.05, 0) is 24.6 Å². The molecule has 1 aromatic carbocycles. The summed E-state index contributed by atoms with van der Waals surface area (Å²) >= 11 is 0. The van der Waals surface area contributed by atoms with Crippen molar-refractivity contribution in [3.8, 4) is 11.5 Å². The third-order valence-corrected chi connectivity index (χ3v) is 5.12. The summed E-state index contributed by atoms with van der Waals surface area (Å²) in [4.78, 5) is 0. The van der Waals surface area contributed by atoms with Crippen LogP contribution in [0, 0.1) is 0 Å². The molecule has 4 nitrogen and oxygen atoms in total. The number of ether oxygens (including phenoxy) is 2. The smallest absolute Gasteiger partial charge is 0.123 e. The molecule has 1 aromatic rings. The van der Waals surface area contributed by atoms with Gasteiger partial charge in [-0.15, -0.1) is 0 Å². The van der Waals surface area contributed by atoms with Crippen LogP contribution in [0.4, 0.5) is 0 Å². The minimum absolute atomic E-state index is 0.155.